The van der Waals surface area contributed by atoms with Crippen LogP contribution in [0.15, 0.2) is 35.6 Å². The van der Waals surface area contributed by atoms with Gasteiger partial charge in [-0.3, -0.25) is 14.4 Å². The van der Waals surface area contributed by atoms with Gasteiger partial charge in [0.05, 0.1) is 0 Å². The molecule has 3 N–H and O–H groups in total. The molecule has 0 aliphatic carbocycles. The van der Waals surface area contributed by atoms with Crippen LogP contribution in [0.25, 0.3) is 0 Å². The third kappa shape index (κ3) is 4.50. The number of aliphatic hydroxyl groups excluding tert-OH is 1. The second kappa shape index (κ2) is 8.32. The van der Waals surface area contributed by atoms with Crippen molar-refractivity contribution in [3.8, 4) is 5.75 Å². The molecule has 8 nitrogen and oxygen atoms in total. The summed E-state index contributed by atoms with van der Waals surface area (Å²) in [6.07, 6.45) is 0. The number of aliphatic hydroxyl groups is 1. The number of nitrogens with one attached hydrogen (secondary N) is 1. The van der Waals surface area contributed by atoms with E-state index in [9.17, 15) is 23.9 Å². The average Bonchev–Trinajstić information content (AvgIpc) is 2.60. The van der Waals surface area contributed by atoms with Crippen LogP contribution < -0.4 is 10.1 Å². The van der Waals surface area contributed by atoms with Crippen molar-refractivity contribution in [2.75, 3.05) is 20.0 Å². The van der Waals surface area contributed by atoms with Gasteiger partial charge in [0.2, 0.25) is 6.86 Å². The van der Waals surface area contributed by atoms with E-state index in [0.29, 0.717) is 5.75 Å². The molecule has 1 aromatic rings. The lowest BCUT2D eigenvalue weighted by Gasteiger charge is -2.31. The smallest absolute Gasteiger partial charge is 0.322 e. The summed E-state index contributed by atoms with van der Waals surface area (Å²) in [5.74, 6) is -3.37. The van der Waals surface area contributed by atoms with E-state index in [1.54, 1.807) is 31.2 Å². The Balaban J connectivity index is 2.15. The van der Waals surface area contributed by atoms with E-state index in [1.165, 1.54) is 4.90 Å². The van der Waals surface area contributed by atoms with E-state index in [4.69, 9.17) is 9.84 Å². The lowest BCUT2D eigenvalue weighted by Crippen LogP contribution is -2.45. The van der Waals surface area contributed by atoms with E-state index in [2.05, 4.69) is 5.32 Å². The second-order valence-corrected chi connectivity index (χ2v) is 5.82. The van der Waals surface area contributed by atoms with E-state index in [-0.39, 0.29) is 18.8 Å². The average molecular weight is 366 g/mol. The molecule has 0 bridgehead atoms. The molecule has 0 radical (unpaired) electrons. The van der Waals surface area contributed by atoms with Crippen molar-refractivity contribution in [1.29, 1.82) is 0 Å². The Bertz CT molecular complexity index is 731. The summed E-state index contributed by atoms with van der Waals surface area (Å²) < 4.78 is 16.8. The zero-order valence-corrected chi connectivity index (χ0v) is 14.1. The van der Waals surface area contributed by atoms with Gasteiger partial charge in [0.25, 0.3) is 11.8 Å². The van der Waals surface area contributed by atoms with Crippen molar-refractivity contribution in [1.82, 2.24) is 10.2 Å². The number of carboxylic acids is 1. The Hall–Kier alpha value is -3.10. The van der Waals surface area contributed by atoms with Gasteiger partial charge in [0.15, 0.2) is 0 Å². The van der Waals surface area contributed by atoms with Crippen molar-refractivity contribution >= 4 is 17.8 Å². The minimum atomic E-state index is -1.26. The van der Waals surface area contributed by atoms with Crippen LogP contribution >= 0.6 is 0 Å². The Morgan fingerprint density at radius 1 is 1.35 bits per heavy atom. The number of ether oxygens (including phenoxy) is 1. The summed E-state index contributed by atoms with van der Waals surface area (Å²) in [5, 5.41) is 20.8. The highest BCUT2D eigenvalue weighted by Crippen LogP contribution is 2.25. The van der Waals surface area contributed by atoms with Gasteiger partial charge in [-0.25, -0.2) is 4.39 Å². The van der Waals surface area contributed by atoms with Gasteiger partial charge in [-0.1, -0.05) is 19.1 Å². The molecular formula is C17H19FN2O6. The van der Waals surface area contributed by atoms with E-state index >= 15 is 0 Å². The van der Waals surface area contributed by atoms with E-state index in [1.807, 2.05) is 0 Å². The monoisotopic (exact) mass is 366 g/mol. The fourth-order valence-corrected chi connectivity index (χ4v) is 2.58. The zero-order chi connectivity index (χ0) is 19.3. The first-order chi connectivity index (χ1) is 12.3. The number of halogens is 1. The van der Waals surface area contributed by atoms with Crippen molar-refractivity contribution in [3.05, 3.63) is 41.2 Å². The standard InChI is InChI=1S/C17H19FN2O6/c1-10-7-20(8-11-2-4-12(5-3-11)26-9-18)17(25)14(15(10)23)16(24)19-6-13(21)22/h2-5,10,23H,6-9H2,1H3,(H,19,24)(H,21,22). The van der Waals surface area contributed by atoms with Crippen LogP contribution in [0.3, 0.4) is 0 Å². The van der Waals surface area contributed by atoms with Crippen LogP contribution in [0, 0.1) is 5.92 Å². The SMILES string of the molecule is CC1CN(Cc2ccc(OCF)cc2)C(=O)C(C(=O)NCC(=O)O)=C1O. The number of benzene rings is 1. The normalized spacial score (nSPS) is 17.2. The highest BCUT2D eigenvalue weighted by molar-refractivity contribution is 6.19. The lowest BCUT2D eigenvalue weighted by atomic mass is 9.97. The summed E-state index contributed by atoms with van der Waals surface area (Å²) in [4.78, 5) is 36.6. The number of hydrogen-bond acceptors (Lipinski definition) is 5. The number of carbonyl (C=O) groups excluding carboxylic acids is 2. The lowest BCUT2D eigenvalue weighted by molar-refractivity contribution is -0.139. The summed E-state index contributed by atoms with van der Waals surface area (Å²) in [7, 11) is 0. The molecule has 140 valence electrons. The molecule has 2 amide bonds. The molecule has 1 aliphatic heterocycles. The maximum Gasteiger partial charge on any atom is 0.322 e. The number of alkyl halides is 1. The molecule has 0 spiro atoms. The second-order valence-electron chi connectivity index (χ2n) is 5.82. The quantitative estimate of drug-likeness (QED) is 0.620. The van der Waals surface area contributed by atoms with Gasteiger partial charge in [0.1, 0.15) is 23.6 Å². The first-order valence-corrected chi connectivity index (χ1v) is 7.83. The fourth-order valence-electron chi connectivity index (χ4n) is 2.58. The van der Waals surface area contributed by atoms with Crippen LogP contribution in [-0.2, 0) is 20.9 Å². The van der Waals surface area contributed by atoms with Gasteiger partial charge in [-0.15, -0.1) is 0 Å². The first kappa shape index (κ1) is 19.2. The van der Waals surface area contributed by atoms with Crippen LogP contribution in [0.2, 0.25) is 0 Å². The molecule has 9 heteroatoms. The molecule has 0 aromatic heterocycles. The number of carbonyl (C=O) groups is 3. The Morgan fingerprint density at radius 3 is 2.58 bits per heavy atom. The topological polar surface area (TPSA) is 116 Å². The molecule has 2 rings (SSSR count). The van der Waals surface area contributed by atoms with Gasteiger partial charge < -0.3 is 25.2 Å². The Kier molecular flexibility index (Phi) is 6.16. The molecular weight excluding hydrogens is 347 g/mol. The zero-order valence-electron chi connectivity index (χ0n) is 14.1. The molecule has 0 fully saturated rings. The number of nitrogens with zero attached hydrogens (tertiary/aromatic N) is 1. The summed E-state index contributed by atoms with van der Waals surface area (Å²) in [6.45, 7) is 0.413. The van der Waals surface area contributed by atoms with Crippen LogP contribution in [0.4, 0.5) is 4.39 Å². The molecule has 0 saturated carbocycles. The molecule has 1 atom stereocenters. The van der Waals surface area contributed by atoms with Gasteiger partial charge in [-0.2, -0.15) is 0 Å². The van der Waals surface area contributed by atoms with Crippen molar-refractivity contribution in [2.24, 2.45) is 5.92 Å². The van der Waals surface area contributed by atoms with Crippen molar-refractivity contribution in [2.45, 2.75) is 13.5 Å². The Morgan fingerprint density at radius 2 is 2.00 bits per heavy atom. The highest BCUT2D eigenvalue weighted by atomic mass is 19.1. The molecule has 1 unspecified atom stereocenters. The van der Waals surface area contributed by atoms with Gasteiger partial charge in [-0.05, 0) is 17.7 Å². The number of aliphatic carboxylic acids is 1. The predicted molar refractivity (Wildman–Crippen MR) is 87.9 cm³/mol. The van der Waals surface area contributed by atoms with Crippen molar-refractivity contribution in [3.63, 3.8) is 0 Å². The maximum absolute atomic E-state index is 12.6. The largest absolute Gasteiger partial charge is 0.511 e. The minimum Gasteiger partial charge on any atom is -0.511 e. The predicted octanol–water partition coefficient (Wildman–Crippen LogP) is 0.984. The summed E-state index contributed by atoms with van der Waals surface area (Å²) in [5.41, 5.74) is 0.269. The third-order valence-electron chi connectivity index (χ3n) is 3.86. The van der Waals surface area contributed by atoms with E-state index in [0.717, 1.165) is 5.56 Å². The number of amides is 2. The molecule has 1 aromatic carbocycles. The van der Waals surface area contributed by atoms with Gasteiger partial charge >= 0.3 is 5.97 Å². The molecule has 0 saturated heterocycles. The number of hydrogen-bond donors (Lipinski definition) is 3. The van der Waals surface area contributed by atoms with Crippen molar-refractivity contribution < 1.29 is 33.7 Å². The van der Waals surface area contributed by atoms with Crippen LogP contribution in [-0.4, -0.2) is 52.8 Å². The van der Waals surface area contributed by atoms with Crippen LogP contribution in [0.5, 0.6) is 5.75 Å². The molecule has 26 heavy (non-hydrogen) atoms. The molecule has 1 aliphatic rings. The summed E-state index contributed by atoms with van der Waals surface area (Å²) in [6, 6.07) is 6.43. The first-order valence-electron chi connectivity index (χ1n) is 7.83. The van der Waals surface area contributed by atoms with Crippen LogP contribution in [0.1, 0.15) is 12.5 Å². The maximum atomic E-state index is 12.6. The third-order valence-corrected chi connectivity index (χ3v) is 3.86. The fraction of sp³-hybridized carbons (Fsp3) is 0.353. The Labute approximate surface area is 148 Å². The molecule has 1 heterocycles. The minimum absolute atomic E-state index is 0.169. The van der Waals surface area contributed by atoms with E-state index < -0.39 is 42.7 Å². The number of rotatable bonds is 7. The number of carboxylic acid groups (broad SMARTS) is 1. The highest BCUT2D eigenvalue weighted by Gasteiger charge is 2.35. The summed E-state index contributed by atoms with van der Waals surface area (Å²) >= 11 is 0. The van der Waals surface area contributed by atoms with Gasteiger partial charge in [0, 0.05) is 19.0 Å².